The van der Waals surface area contributed by atoms with Gasteiger partial charge in [-0.2, -0.15) is 0 Å². The van der Waals surface area contributed by atoms with Crippen molar-refractivity contribution in [2.45, 2.75) is 31.0 Å². The molecule has 0 spiro atoms. The van der Waals surface area contributed by atoms with E-state index < -0.39 is 35.8 Å². The first-order valence-electron chi connectivity index (χ1n) is 11.4. The number of thioether (sulfide) groups is 1. The van der Waals surface area contributed by atoms with Crippen LogP contribution in [0.1, 0.15) is 21.6 Å². The SMILES string of the molecule is O=C(N[C@@H](Cc1ccccc1)C(=O)N[C@@H](Cc1ccccc1)C(=O)N[C@H]1CSC1=O)c1cnccn1. The molecule has 10 heteroatoms. The van der Waals surface area contributed by atoms with Crippen molar-refractivity contribution in [2.24, 2.45) is 0 Å². The van der Waals surface area contributed by atoms with Gasteiger partial charge in [0.2, 0.25) is 16.9 Å². The first kappa shape index (κ1) is 25.1. The second-order valence-corrected chi connectivity index (χ2v) is 9.27. The normalized spacial score (nSPS) is 16.2. The van der Waals surface area contributed by atoms with Crippen molar-refractivity contribution in [2.75, 3.05) is 5.75 Å². The van der Waals surface area contributed by atoms with E-state index in [0.29, 0.717) is 5.75 Å². The lowest BCUT2D eigenvalue weighted by Crippen LogP contribution is -2.58. The van der Waals surface area contributed by atoms with E-state index in [2.05, 4.69) is 25.9 Å². The van der Waals surface area contributed by atoms with Crippen LogP contribution in [0.5, 0.6) is 0 Å². The molecular formula is C26H25N5O4S. The molecule has 1 aromatic heterocycles. The van der Waals surface area contributed by atoms with E-state index in [1.807, 2.05) is 60.7 Å². The Morgan fingerprint density at radius 2 is 1.47 bits per heavy atom. The highest BCUT2D eigenvalue weighted by molar-refractivity contribution is 8.16. The predicted octanol–water partition coefficient (Wildman–Crippen LogP) is 1.30. The molecule has 3 amide bonds. The van der Waals surface area contributed by atoms with Crippen molar-refractivity contribution in [3.05, 3.63) is 96.1 Å². The molecule has 0 radical (unpaired) electrons. The molecule has 3 atom stereocenters. The van der Waals surface area contributed by atoms with Crippen LogP contribution in [0, 0.1) is 0 Å². The molecule has 0 saturated carbocycles. The van der Waals surface area contributed by atoms with Gasteiger partial charge in [0.15, 0.2) is 0 Å². The molecule has 4 rings (SSSR count). The zero-order valence-electron chi connectivity index (χ0n) is 19.3. The summed E-state index contributed by atoms with van der Waals surface area (Å²) in [4.78, 5) is 58.9. The van der Waals surface area contributed by atoms with Crippen LogP contribution in [0.2, 0.25) is 0 Å². The molecule has 9 nitrogen and oxygen atoms in total. The summed E-state index contributed by atoms with van der Waals surface area (Å²) in [7, 11) is 0. The van der Waals surface area contributed by atoms with Gasteiger partial charge in [0, 0.05) is 31.0 Å². The number of amides is 3. The highest BCUT2D eigenvalue weighted by Gasteiger charge is 2.34. The molecular weight excluding hydrogens is 478 g/mol. The Balaban J connectivity index is 1.53. The van der Waals surface area contributed by atoms with Gasteiger partial charge in [0.1, 0.15) is 23.8 Å². The minimum atomic E-state index is -0.978. The number of nitrogens with one attached hydrogen (secondary N) is 3. The Bertz CT molecular complexity index is 1210. The summed E-state index contributed by atoms with van der Waals surface area (Å²) in [6.45, 7) is 0. The van der Waals surface area contributed by atoms with Crippen LogP contribution < -0.4 is 16.0 Å². The van der Waals surface area contributed by atoms with E-state index in [-0.39, 0.29) is 23.7 Å². The van der Waals surface area contributed by atoms with Crippen LogP contribution in [0.25, 0.3) is 0 Å². The molecule has 1 saturated heterocycles. The third-order valence-corrected chi connectivity index (χ3v) is 6.68. The average Bonchev–Trinajstić information content (AvgIpc) is 2.91. The van der Waals surface area contributed by atoms with Crippen molar-refractivity contribution in [1.82, 2.24) is 25.9 Å². The molecule has 2 aromatic carbocycles. The standard InChI is InChI=1S/C26H25N5O4S/c32-23(19(13-17-7-3-1-4-8-17)30-25(34)21-15-27-11-12-28-21)29-20(14-18-9-5-2-6-10-18)24(33)31-22-16-36-26(22)35/h1-12,15,19-20,22H,13-14,16H2,(H,29,32)(H,30,34)(H,31,33)/t19-,20-,22-/m0/s1. The van der Waals surface area contributed by atoms with E-state index in [0.717, 1.165) is 22.9 Å². The molecule has 1 fully saturated rings. The van der Waals surface area contributed by atoms with E-state index in [1.165, 1.54) is 18.6 Å². The summed E-state index contributed by atoms with van der Waals surface area (Å²) < 4.78 is 0. The summed E-state index contributed by atoms with van der Waals surface area (Å²) in [5.41, 5.74) is 1.75. The van der Waals surface area contributed by atoms with Gasteiger partial charge in [-0.1, -0.05) is 72.4 Å². The van der Waals surface area contributed by atoms with Crippen molar-refractivity contribution in [3.63, 3.8) is 0 Å². The number of rotatable bonds is 10. The zero-order chi connectivity index (χ0) is 25.3. The number of carbonyl (C=O) groups excluding carboxylic acids is 4. The Labute approximate surface area is 212 Å². The topological polar surface area (TPSA) is 130 Å². The van der Waals surface area contributed by atoms with Crippen molar-refractivity contribution in [3.8, 4) is 0 Å². The molecule has 0 unspecified atom stereocenters. The fourth-order valence-electron chi connectivity index (χ4n) is 3.65. The van der Waals surface area contributed by atoms with Gasteiger partial charge in [-0.05, 0) is 11.1 Å². The van der Waals surface area contributed by atoms with Gasteiger partial charge in [0.05, 0.1) is 6.20 Å². The number of benzene rings is 2. The Morgan fingerprint density at radius 1 is 0.861 bits per heavy atom. The maximum Gasteiger partial charge on any atom is 0.272 e. The molecule has 3 N–H and O–H groups in total. The number of hydrogen-bond acceptors (Lipinski definition) is 7. The maximum absolute atomic E-state index is 13.4. The minimum absolute atomic E-state index is 0.0722. The van der Waals surface area contributed by atoms with E-state index in [9.17, 15) is 19.2 Å². The highest BCUT2D eigenvalue weighted by Crippen LogP contribution is 2.20. The number of aromatic nitrogens is 2. The summed E-state index contributed by atoms with van der Waals surface area (Å²) in [5, 5.41) is 8.12. The highest BCUT2D eigenvalue weighted by atomic mass is 32.2. The van der Waals surface area contributed by atoms with E-state index in [1.54, 1.807) is 0 Å². The van der Waals surface area contributed by atoms with Crippen LogP contribution in [0.3, 0.4) is 0 Å². The van der Waals surface area contributed by atoms with E-state index in [4.69, 9.17) is 0 Å². The van der Waals surface area contributed by atoms with Gasteiger partial charge in [0.25, 0.3) is 5.91 Å². The number of nitrogens with zero attached hydrogens (tertiary/aromatic N) is 2. The summed E-state index contributed by atoms with van der Waals surface area (Å²) >= 11 is 1.15. The second kappa shape index (κ2) is 12.1. The Hall–Kier alpha value is -4.05. The van der Waals surface area contributed by atoms with Crippen molar-refractivity contribution in [1.29, 1.82) is 0 Å². The van der Waals surface area contributed by atoms with Crippen molar-refractivity contribution >= 4 is 34.6 Å². The third-order valence-electron chi connectivity index (χ3n) is 5.61. The molecule has 0 bridgehead atoms. The summed E-state index contributed by atoms with van der Waals surface area (Å²) in [6.07, 6.45) is 4.58. The van der Waals surface area contributed by atoms with Gasteiger partial charge in [-0.25, -0.2) is 4.98 Å². The molecule has 1 aliphatic heterocycles. The fraction of sp³-hybridized carbons (Fsp3) is 0.231. The van der Waals surface area contributed by atoms with Gasteiger partial charge < -0.3 is 16.0 Å². The predicted molar refractivity (Wildman–Crippen MR) is 135 cm³/mol. The van der Waals surface area contributed by atoms with Crippen LogP contribution >= 0.6 is 11.8 Å². The zero-order valence-corrected chi connectivity index (χ0v) is 20.1. The van der Waals surface area contributed by atoms with Gasteiger partial charge in [-0.3, -0.25) is 24.2 Å². The van der Waals surface area contributed by atoms with Crippen LogP contribution in [0.15, 0.2) is 79.3 Å². The van der Waals surface area contributed by atoms with Gasteiger partial charge >= 0.3 is 0 Å². The largest absolute Gasteiger partial charge is 0.343 e. The molecule has 0 aliphatic carbocycles. The minimum Gasteiger partial charge on any atom is -0.343 e. The van der Waals surface area contributed by atoms with Crippen LogP contribution in [-0.2, 0) is 27.2 Å². The lowest BCUT2D eigenvalue weighted by molar-refractivity contribution is -0.131. The van der Waals surface area contributed by atoms with E-state index >= 15 is 0 Å². The smallest absolute Gasteiger partial charge is 0.272 e. The number of hydrogen-bond donors (Lipinski definition) is 3. The second-order valence-electron chi connectivity index (χ2n) is 8.25. The lowest BCUT2D eigenvalue weighted by atomic mass is 10.0. The molecule has 184 valence electrons. The molecule has 1 aliphatic rings. The maximum atomic E-state index is 13.4. The number of carbonyl (C=O) groups is 4. The Morgan fingerprint density at radius 3 is 1.97 bits per heavy atom. The first-order chi connectivity index (χ1) is 17.5. The fourth-order valence-corrected chi connectivity index (χ4v) is 4.26. The first-order valence-corrected chi connectivity index (χ1v) is 12.4. The van der Waals surface area contributed by atoms with Crippen LogP contribution in [-0.4, -0.2) is 56.7 Å². The van der Waals surface area contributed by atoms with Gasteiger partial charge in [-0.15, -0.1) is 0 Å². The summed E-state index contributed by atoms with van der Waals surface area (Å²) in [6, 6.07) is 16.0. The van der Waals surface area contributed by atoms with Crippen molar-refractivity contribution < 1.29 is 19.2 Å². The lowest BCUT2D eigenvalue weighted by Gasteiger charge is -2.28. The quantitative estimate of drug-likeness (QED) is 0.380. The monoisotopic (exact) mass is 503 g/mol. The molecule has 36 heavy (non-hydrogen) atoms. The summed E-state index contributed by atoms with van der Waals surface area (Å²) in [5.74, 6) is -1.03. The average molecular weight is 504 g/mol. The molecule has 3 aromatic rings. The molecule has 2 heterocycles. The van der Waals surface area contributed by atoms with Crippen LogP contribution in [0.4, 0.5) is 0 Å². The third kappa shape index (κ3) is 6.76. The Kier molecular flexibility index (Phi) is 8.40.